The standard InChI is InChI=1S/C22H20N4O2S/c1-15-7-9-17(10-8-15)22-26-25-20(28-22)12-11-19(27)23-13-21-24-18(14-29-21)16-5-3-2-4-6-16/h2-10,14H,11-13H2,1H3,(H,23,27). The van der Waals surface area contributed by atoms with Crippen LogP contribution in [0.15, 0.2) is 64.4 Å². The van der Waals surface area contributed by atoms with E-state index in [9.17, 15) is 4.79 Å². The minimum Gasteiger partial charge on any atom is -0.421 e. The summed E-state index contributed by atoms with van der Waals surface area (Å²) in [5.74, 6) is 0.851. The first-order valence-corrected chi connectivity index (χ1v) is 10.2. The lowest BCUT2D eigenvalue weighted by molar-refractivity contribution is -0.121. The molecule has 0 unspecified atom stereocenters. The Morgan fingerprint density at radius 3 is 2.62 bits per heavy atom. The predicted molar refractivity (Wildman–Crippen MR) is 112 cm³/mol. The number of amides is 1. The fourth-order valence-corrected chi connectivity index (χ4v) is 3.53. The van der Waals surface area contributed by atoms with Gasteiger partial charge in [0.25, 0.3) is 0 Å². The summed E-state index contributed by atoms with van der Waals surface area (Å²) < 4.78 is 5.66. The zero-order valence-corrected chi connectivity index (χ0v) is 16.8. The number of aryl methyl sites for hydroxylation is 2. The molecule has 0 fully saturated rings. The summed E-state index contributed by atoms with van der Waals surface area (Å²) in [4.78, 5) is 16.7. The highest BCUT2D eigenvalue weighted by molar-refractivity contribution is 7.09. The summed E-state index contributed by atoms with van der Waals surface area (Å²) >= 11 is 1.54. The van der Waals surface area contributed by atoms with E-state index in [4.69, 9.17) is 4.42 Å². The summed E-state index contributed by atoms with van der Waals surface area (Å²) in [5, 5.41) is 13.9. The second kappa shape index (κ2) is 8.79. The number of aromatic nitrogens is 3. The topological polar surface area (TPSA) is 80.9 Å². The van der Waals surface area contributed by atoms with Gasteiger partial charge in [-0.2, -0.15) is 0 Å². The van der Waals surface area contributed by atoms with Gasteiger partial charge >= 0.3 is 0 Å². The van der Waals surface area contributed by atoms with Gasteiger partial charge in [-0.05, 0) is 19.1 Å². The Morgan fingerprint density at radius 2 is 1.83 bits per heavy atom. The number of hydrogen-bond acceptors (Lipinski definition) is 6. The fourth-order valence-electron chi connectivity index (χ4n) is 2.78. The van der Waals surface area contributed by atoms with Gasteiger partial charge in [-0.25, -0.2) is 4.98 Å². The highest BCUT2D eigenvalue weighted by atomic mass is 32.1. The average Bonchev–Trinajstić information content (AvgIpc) is 3.42. The van der Waals surface area contributed by atoms with Crippen molar-refractivity contribution in [2.75, 3.05) is 0 Å². The molecule has 0 saturated heterocycles. The number of rotatable bonds is 7. The highest BCUT2D eigenvalue weighted by Crippen LogP contribution is 2.21. The largest absolute Gasteiger partial charge is 0.421 e. The molecule has 2 heterocycles. The van der Waals surface area contributed by atoms with Gasteiger partial charge in [-0.1, -0.05) is 48.0 Å². The van der Waals surface area contributed by atoms with E-state index in [1.54, 1.807) is 0 Å². The molecule has 1 N–H and O–H groups in total. The van der Waals surface area contributed by atoms with Crippen LogP contribution in [0.5, 0.6) is 0 Å². The maximum atomic E-state index is 12.2. The van der Waals surface area contributed by atoms with Gasteiger partial charge in [0, 0.05) is 29.3 Å². The number of thiazole rings is 1. The summed E-state index contributed by atoms with van der Waals surface area (Å²) in [6.07, 6.45) is 0.685. The second-order valence-corrected chi connectivity index (χ2v) is 7.58. The third-order valence-corrected chi connectivity index (χ3v) is 5.24. The number of nitrogens with zero attached hydrogens (tertiary/aromatic N) is 3. The quantitative estimate of drug-likeness (QED) is 0.493. The number of benzene rings is 2. The van der Waals surface area contributed by atoms with E-state index in [1.165, 1.54) is 16.9 Å². The molecule has 0 atom stereocenters. The maximum Gasteiger partial charge on any atom is 0.247 e. The van der Waals surface area contributed by atoms with Crippen LogP contribution in [0.3, 0.4) is 0 Å². The van der Waals surface area contributed by atoms with Gasteiger partial charge in [-0.15, -0.1) is 21.5 Å². The molecule has 2 aromatic carbocycles. The Hall–Kier alpha value is -3.32. The molecule has 1 amide bonds. The van der Waals surface area contributed by atoms with E-state index in [-0.39, 0.29) is 12.3 Å². The van der Waals surface area contributed by atoms with E-state index in [1.807, 2.05) is 66.9 Å². The Labute approximate surface area is 172 Å². The molecule has 0 bridgehead atoms. The van der Waals surface area contributed by atoms with E-state index < -0.39 is 0 Å². The normalized spacial score (nSPS) is 10.8. The molecular formula is C22H20N4O2S. The van der Waals surface area contributed by atoms with Gasteiger partial charge in [0.05, 0.1) is 12.2 Å². The first kappa shape index (κ1) is 19.0. The van der Waals surface area contributed by atoms with Crippen LogP contribution < -0.4 is 5.32 Å². The lowest BCUT2D eigenvalue weighted by atomic mass is 10.1. The second-order valence-electron chi connectivity index (χ2n) is 6.64. The van der Waals surface area contributed by atoms with Gasteiger partial charge in [0.2, 0.25) is 17.7 Å². The first-order valence-electron chi connectivity index (χ1n) is 9.33. The number of carbonyl (C=O) groups excluding carboxylic acids is 1. The maximum absolute atomic E-state index is 12.2. The van der Waals surface area contributed by atoms with Crippen molar-refractivity contribution in [3.63, 3.8) is 0 Å². The van der Waals surface area contributed by atoms with Crippen molar-refractivity contribution in [1.82, 2.24) is 20.5 Å². The molecule has 146 valence electrons. The Bertz CT molecular complexity index is 1090. The molecule has 0 aliphatic heterocycles. The summed E-state index contributed by atoms with van der Waals surface area (Å²) in [6, 6.07) is 17.9. The molecule has 29 heavy (non-hydrogen) atoms. The zero-order chi connectivity index (χ0) is 20.1. The van der Waals surface area contributed by atoms with Gasteiger partial charge < -0.3 is 9.73 Å². The van der Waals surface area contributed by atoms with Crippen molar-refractivity contribution in [3.8, 4) is 22.7 Å². The Kier molecular flexibility index (Phi) is 5.76. The van der Waals surface area contributed by atoms with E-state index in [0.717, 1.165) is 21.8 Å². The van der Waals surface area contributed by atoms with Crippen molar-refractivity contribution in [2.24, 2.45) is 0 Å². The fraction of sp³-hybridized carbons (Fsp3) is 0.182. The number of carbonyl (C=O) groups is 1. The summed E-state index contributed by atoms with van der Waals surface area (Å²) in [6.45, 7) is 2.44. The van der Waals surface area contributed by atoms with Crippen molar-refractivity contribution in [1.29, 1.82) is 0 Å². The molecule has 7 heteroatoms. The predicted octanol–water partition coefficient (Wildman–Crippen LogP) is 4.42. The minimum atomic E-state index is -0.0726. The average molecular weight is 404 g/mol. The van der Waals surface area contributed by atoms with Crippen LogP contribution in [0.25, 0.3) is 22.7 Å². The van der Waals surface area contributed by atoms with Crippen LogP contribution in [0.4, 0.5) is 0 Å². The molecule has 2 aromatic heterocycles. The Balaban J connectivity index is 1.27. The smallest absolute Gasteiger partial charge is 0.247 e. The van der Waals surface area contributed by atoms with Crippen LogP contribution in [0, 0.1) is 6.92 Å². The van der Waals surface area contributed by atoms with Crippen LogP contribution >= 0.6 is 11.3 Å². The molecule has 4 rings (SSSR count). The van der Waals surface area contributed by atoms with Crippen molar-refractivity contribution in [2.45, 2.75) is 26.3 Å². The Morgan fingerprint density at radius 1 is 1.03 bits per heavy atom. The lowest BCUT2D eigenvalue weighted by Gasteiger charge is -2.01. The van der Waals surface area contributed by atoms with Gasteiger partial charge in [0.1, 0.15) is 5.01 Å². The van der Waals surface area contributed by atoms with Crippen LogP contribution in [-0.4, -0.2) is 21.1 Å². The van der Waals surface area contributed by atoms with Gasteiger partial charge in [0.15, 0.2) is 0 Å². The number of nitrogens with one attached hydrogen (secondary N) is 1. The molecule has 0 saturated carbocycles. The SMILES string of the molecule is Cc1ccc(-c2nnc(CCC(=O)NCc3nc(-c4ccccc4)cs3)o2)cc1. The van der Waals surface area contributed by atoms with Crippen molar-refractivity contribution in [3.05, 3.63) is 76.4 Å². The monoisotopic (exact) mass is 404 g/mol. The third-order valence-electron chi connectivity index (χ3n) is 4.39. The van der Waals surface area contributed by atoms with Crippen molar-refractivity contribution >= 4 is 17.2 Å². The van der Waals surface area contributed by atoms with E-state index in [2.05, 4.69) is 20.5 Å². The number of hydrogen-bond donors (Lipinski definition) is 1. The minimum absolute atomic E-state index is 0.0726. The molecule has 6 nitrogen and oxygen atoms in total. The molecular weight excluding hydrogens is 384 g/mol. The molecule has 0 spiro atoms. The van der Waals surface area contributed by atoms with E-state index >= 15 is 0 Å². The van der Waals surface area contributed by atoms with Crippen molar-refractivity contribution < 1.29 is 9.21 Å². The third kappa shape index (κ3) is 4.94. The molecule has 0 aliphatic carbocycles. The van der Waals surface area contributed by atoms with E-state index in [0.29, 0.717) is 24.7 Å². The zero-order valence-electron chi connectivity index (χ0n) is 16.0. The molecule has 0 aliphatic rings. The molecule has 4 aromatic rings. The summed E-state index contributed by atoms with van der Waals surface area (Å²) in [5.41, 5.74) is 4.04. The van der Waals surface area contributed by atoms with Crippen LogP contribution in [0.1, 0.15) is 22.9 Å². The van der Waals surface area contributed by atoms with Gasteiger partial charge in [-0.3, -0.25) is 4.79 Å². The van der Waals surface area contributed by atoms with Crippen LogP contribution in [0.2, 0.25) is 0 Å². The van der Waals surface area contributed by atoms with Crippen LogP contribution in [-0.2, 0) is 17.8 Å². The first-order chi connectivity index (χ1) is 14.2. The summed E-state index contributed by atoms with van der Waals surface area (Å²) in [7, 11) is 0. The highest BCUT2D eigenvalue weighted by Gasteiger charge is 2.11. The lowest BCUT2D eigenvalue weighted by Crippen LogP contribution is -2.22. The molecule has 0 radical (unpaired) electrons.